The van der Waals surface area contributed by atoms with Gasteiger partial charge in [-0.15, -0.1) is 0 Å². The maximum atomic E-state index is 2.46. The van der Waals surface area contributed by atoms with Gasteiger partial charge in [0.25, 0.3) is 0 Å². The van der Waals surface area contributed by atoms with Gasteiger partial charge in [0.2, 0.25) is 0 Å². The summed E-state index contributed by atoms with van der Waals surface area (Å²) >= 11 is 0. The molecule has 0 saturated heterocycles. The SMILES string of the molecule is c1ccc(-n2c3ccccc3c3cc(-c4cccc(-c5ccc6c(c5)-c5cc7ccc(-c8ccc9c(c8)c8ccccc8n9-c8cccc(-c9ccc%10c(c9)-c9cc%11c%12ccccc%12ccc%11c%11cccc-%10c9%11)c8)cc7c7cccc-6c57)c4)ccc32)cc1. The third-order valence-electron chi connectivity index (χ3n) is 19.7. The van der Waals surface area contributed by atoms with Crippen LogP contribution in [0.4, 0.5) is 0 Å². The molecule has 0 spiro atoms. The smallest absolute Gasteiger partial charge is 0.0541 e. The van der Waals surface area contributed by atoms with E-state index in [-0.39, 0.29) is 0 Å². The van der Waals surface area contributed by atoms with Crippen LogP contribution in [0.2, 0.25) is 0 Å². The average Bonchev–Trinajstić information content (AvgIpc) is 1.87. The Labute approximate surface area is 507 Å². The van der Waals surface area contributed by atoms with E-state index in [2.05, 4.69) is 312 Å². The van der Waals surface area contributed by atoms with Gasteiger partial charge in [-0.25, -0.2) is 0 Å². The minimum atomic E-state index is 1.15. The summed E-state index contributed by atoms with van der Waals surface area (Å²) in [5.41, 5.74) is 27.3. The molecule has 404 valence electrons. The molecule has 2 nitrogen and oxygen atoms in total. The Morgan fingerprint density at radius 3 is 1.26 bits per heavy atom. The van der Waals surface area contributed by atoms with Crippen molar-refractivity contribution in [1.82, 2.24) is 9.13 Å². The zero-order chi connectivity index (χ0) is 57.3. The Kier molecular flexibility index (Phi) is 9.75. The minimum absolute atomic E-state index is 1.15. The largest absolute Gasteiger partial charge is 0.309 e. The van der Waals surface area contributed by atoms with E-state index in [9.17, 15) is 0 Å². The fraction of sp³-hybridized carbons (Fsp3) is 0. The highest BCUT2D eigenvalue weighted by Gasteiger charge is 2.27. The summed E-state index contributed by atoms with van der Waals surface area (Å²) in [4.78, 5) is 0. The van der Waals surface area contributed by atoms with Crippen LogP contribution in [0.15, 0.2) is 303 Å². The summed E-state index contributed by atoms with van der Waals surface area (Å²) < 4.78 is 4.84. The van der Waals surface area contributed by atoms with Gasteiger partial charge < -0.3 is 9.13 Å². The predicted molar refractivity (Wildman–Crippen MR) is 373 cm³/mol. The number of para-hydroxylation sites is 3. The Morgan fingerprint density at radius 1 is 0.159 bits per heavy atom. The first kappa shape index (κ1) is 47.7. The molecule has 18 aromatic rings. The lowest BCUT2D eigenvalue weighted by Crippen LogP contribution is -1.94. The van der Waals surface area contributed by atoms with Gasteiger partial charge in [-0.1, -0.05) is 206 Å². The fourth-order valence-electron chi connectivity index (χ4n) is 15.7. The summed E-state index contributed by atoms with van der Waals surface area (Å²) in [7, 11) is 0. The van der Waals surface area contributed by atoms with E-state index in [4.69, 9.17) is 0 Å². The number of hydrogen-bond acceptors (Lipinski definition) is 0. The summed E-state index contributed by atoms with van der Waals surface area (Å²) in [5, 5.41) is 18.0. The van der Waals surface area contributed by atoms with Gasteiger partial charge in [0, 0.05) is 32.9 Å². The van der Waals surface area contributed by atoms with E-state index in [0.29, 0.717) is 0 Å². The van der Waals surface area contributed by atoms with Crippen molar-refractivity contribution >= 4 is 97.5 Å². The van der Waals surface area contributed by atoms with Crippen LogP contribution in [0.5, 0.6) is 0 Å². The number of fused-ring (bicyclic) bond motifs is 18. The molecule has 2 heterocycles. The first-order valence-corrected chi connectivity index (χ1v) is 30.6. The molecular formula is C86H50N2. The quantitative estimate of drug-likeness (QED) is 0.147. The van der Waals surface area contributed by atoms with Crippen LogP contribution in [0, 0.1) is 0 Å². The number of nitrogens with zero attached hydrogens (tertiary/aromatic N) is 2. The zero-order valence-electron chi connectivity index (χ0n) is 47.8. The fourth-order valence-corrected chi connectivity index (χ4v) is 15.7. The first-order chi connectivity index (χ1) is 43.6. The van der Waals surface area contributed by atoms with Gasteiger partial charge in [-0.05, 0) is 240 Å². The van der Waals surface area contributed by atoms with Crippen LogP contribution in [-0.4, -0.2) is 9.13 Å². The summed E-state index contributed by atoms with van der Waals surface area (Å²) in [6.07, 6.45) is 0. The van der Waals surface area contributed by atoms with Gasteiger partial charge >= 0.3 is 0 Å². The van der Waals surface area contributed by atoms with E-state index in [1.807, 2.05) is 0 Å². The lowest BCUT2D eigenvalue weighted by atomic mass is 9.93. The van der Waals surface area contributed by atoms with E-state index < -0.39 is 0 Å². The second kappa shape index (κ2) is 18.0. The van der Waals surface area contributed by atoms with E-state index in [1.165, 1.54) is 192 Å². The van der Waals surface area contributed by atoms with Gasteiger partial charge in [0.1, 0.15) is 0 Å². The van der Waals surface area contributed by atoms with Crippen LogP contribution >= 0.6 is 0 Å². The van der Waals surface area contributed by atoms with Crippen molar-refractivity contribution in [2.24, 2.45) is 0 Å². The predicted octanol–water partition coefficient (Wildman–Crippen LogP) is 23.6. The summed E-state index contributed by atoms with van der Waals surface area (Å²) in [5.74, 6) is 0. The lowest BCUT2D eigenvalue weighted by molar-refractivity contribution is 1.18. The third-order valence-corrected chi connectivity index (χ3v) is 19.7. The molecule has 2 aliphatic rings. The van der Waals surface area contributed by atoms with Crippen molar-refractivity contribution in [1.29, 1.82) is 0 Å². The Bertz CT molecular complexity index is 6110. The minimum Gasteiger partial charge on any atom is -0.309 e. The highest BCUT2D eigenvalue weighted by atomic mass is 15.0. The molecule has 0 radical (unpaired) electrons. The van der Waals surface area contributed by atoms with Crippen LogP contribution in [0.25, 0.3) is 198 Å². The van der Waals surface area contributed by atoms with Crippen molar-refractivity contribution < 1.29 is 0 Å². The monoisotopic (exact) mass is 1110 g/mol. The highest BCUT2D eigenvalue weighted by molar-refractivity contribution is 6.28. The Morgan fingerprint density at radius 2 is 0.602 bits per heavy atom. The molecule has 2 aromatic heterocycles. The van der Waals surface area contributed by atoms with E-state index >= 15 is 0 Å². The van der Waals surface area contributed by atoms with Gasteiger partial charge in [0.05, 0.1) is 22.1 Å². The number of rotatable bonds is 6. The van der Waals surface area contributed by atoms with Crippen LogP contribution in [0.1, 0.15) is 0 Å². The molecule has 0 saturated carbocycles. The second-order valence-electron chi connectivity index (χ2n) is 24.3. The molecule has 0 aliphatic heterocycles. The molecule has 0 N–H and O–H groups in total. The van der Waals surface area contributed by atoms with Crippen molar-refractivity contribution in [3.63, 3.8) is 0 Å². The number of hydrogen-bond donors (Lipinski definition) is 0. The molecule has 16 aromatic carbocycles. The third kappa shape index (κ3) is 6.77. The van der Waals surface area contributed by atoms with Gasteiger partial charge in [-0.2, -0.15) is 0 Å². The molecule has 0 unspecified atom stereocenters. The van der Waals surface area contributed by atoms with Crippen LogP contribution < -0.4 is 0 Å². The zero-order valence-corrected chi connectivity index (χ0v) is 47.8. The average molecular weight is 1110 g/mol. The second-order valence-corrected chi connectivity index (χ2v) is 24.3. The number of aromatic nitrogens is 2. The van der Waals surface area contributed by atoms with Crippen LogP contribution in [-0.2, 0) is 0 Å². The van der Waals surface area contributed by atoms with Crippen molar-refractivity contribution in [3.05, 3.63) is 303 Å². The van der Waals surface area contributed by atoms with Crippen LogP contribution in [0.3, 0.4) is 0 Å². The molecule has 2 aliphatic carbocycles. The molecule has 88 heavy (non-hydrogen) atoms. The topological polar surface area (TPSA) is 9.86 Å². The summed E-state index contributed by atoms with van der Waals surface area (Å²) in [6, 6.07) is 114. The normalized spacial score (nSPS) is 12.3. The molecule has 0 atom stereocenters. The van der Waals surface area contributed by atoms with E-state index in [0.717, 1.165) is 5.69 Å². The Balaban J connectivity index is 0.643. The number of benzene rings is 16. The van der Waals surface area contributed by atoms with Crippen molar-refractivity contribution in [2.45, 2.75) is 0 Å². The molecule has 0 fully saturated rings. The molecule has 20 rings (SSSR count). The van der Waals surface area contributed by atoms with Crippen molar-refractivity contribution in [2.75, 3.05) is 0 Å². The maximum absolute atomic E-state index is 2.46. The highest BCUT2D eigenvalue weighted by Crippen LogP contribution is 2.53. The van der Waals surface area contributed by atoms with Gasteiger partial charge in [-0.3, -0.25) is 0 Å². The molecular weight excluding hydrogens is 1060 g/mol. The molecule has 0 bridgehead atoms. The van der Waals surface area contributed by atoms with E-state index in [1.54, 1.807) is 0 Å². The molecule has 0 amide bonds. The summed E-state index contributed by atoms with van der Waals surface area (Å²) in [6.45, 7) is 0. The standard InChI is InChI=1S/C86H50N2/c1-2-18-61(19-3-1)87-81-28-8-6-22-67(81)77-47-58(35-40-83(77)87)53-16-10-15-52(42-53)56-33-38-64-70-26-13-27-72-73-44-55(30-31-60(73)49-79(86(70)72)74(64)45-56)59-36-41-84-78(48-59)68-23-7-9-29-82(68)88(84)62-20-11-17-54(43-62)57-34-39-65-69-24-12-25-71-66-37-32-51-14-4-5-21-63(51)76(66)50-80(85(69)71)75(65)46-57/h1-50H. The Hall–Kier alpha value is -11.6. The molecule has 2 heteroatoms. The first-order valence-electron chi connectivity index (χ1n) is 30.6. The van der Waals surface area contributed by atoms with Gasteiger partial charge in [0.15, 0.2) is 0 Å². The van der Waals surface area contributed by atoms with Crippen molar-refractivity contribution in [3.8, 4) is 100 Å². The lowest BCUT2D eigenvalue weighted by Gasteiger charge is -2.13. The maximum Gasteiger partial charge on any atom is 0.0541 e.